The molecule has 8 heteroatoms. The third-order valence-corrected chi connectivity index (χ3v) is 4.96. The normalized spacial score (nSPS) is 12.2. The lowest BCUT2D eigenvalue weighted by Crippen LogP contribution is -2.30. The number of hydrogen-bond donors (Lipinski definition) is 1. The topological polar surface area (TPSA) is 92.6 Å². The summed E-state index contributed by atoms with van der Waals surface area (Å²) in [5, 5.41) is 7.20. The minimum Gasteiger partial charge on any atom is -0.332 e. The van der Waals surface area contributed by atoms with E-state index in [1.54, 1.807) is 30.3 Å². The highest BCUT2D eigenvalue weighted by molar-refractivity contribution is 5.92. The molecule has 1 aromatic carbocycles. The van der Waals surface area contributed by atoms with Gasteiger partial charge in [-0.3, -0.25) is 9.89 Å². The van der Waals surface area contributed by atoms with E-state index >= 15 is 0 Å². The van der Waals surface area contributed by atoms with Crippen molar-refractivity contribution in [2.45, 2.75) is 26.4 Å². The van der Waals surface area contributed by atoms with Crippen LogP contribution < -0.4 is 0 Å². The largest absolute Gasteiger partial charge is 0.332 e. The van der Waals surface area contributed by atoms with Crippen molar-refractivity contribution in [1.29, 1.82) is 0 Å². The Morgan fingerprint density at radius 3 is 2.89 bits per heavy atom. The molecule has 0 radical (unpaired) electrons. The number of nitrogens with zero attached hydrogens (tertiary/aromatic N) is 6. The number of para-hydroxylation sites is 2. The van der Waals surface area contributed by atoms with E-state index in [1.165, 1.54) is 6.33 Å². The number of carbonyl (C=O) groups is 1. The third-order valence-electron chi connectivity index (χ3n) is 4.96. The van der Waals surface area contributed by atoms with Gasteiger partial charge in [-0.05, 0) is 38.1 Å². The van der Waals surface area contributed by atoms with E-state index in [0.29, 0.717) is 12.2 Å². The van der Waals surface area contributed by atoms with Crippen molar-refractivity contribution in [3.05, 3.63) is 71.8 Å². The van der Waals surface area contributed by atoms with Crippen molar-refractivity contribution < 1.29 is 4.79 Å². The van der Waals surface area contributed by atoms with Crippen LogP contribution in [0.4, 0.5) is 0 Å². The van der Waals surface area contributed by atoms with E-state index in [4.69, 9.17) is 0 Å². The number of fused-ring (bicyclic) bond motifs is 1. The summed E-state index contributed by atoms with van der Waals surface area (Å²) in [4.78, 5) is 27.2. The molecule has 0 fully saturated rings. The lowest BCUT2D eigenvalue weighted by atomic mass is 10.2. The van der Waals surface area contributed by atoms with Gasteiger partial charge in [0.2, 0.25) is 0 Å². The first kappa shape index (κ1) is 17.8. The molecule has 142 valence electrons. The number of benzene rings is 1. The molecule has 0 saturated carbocycles. The molecule has 0 aliphatic carbocycles. The number of aryl methyl sites for hydroxylation is 1. The highest BCUT2D eigenvalue weighted by atomic mass is 16.2. The van der Waals surface area contributed by atoms with Crippen LogP contribution in [0.3, 0.4) is 0 Å². The standard InChI is InChI=1S/C20H21N7O/c1-13(16-8-9-21-12-22-16)26(3)20(28)18-10-15(24-25-18)11-27-14(2)23-17-6-4-5-7-19(17)27/h4-10,12-13H,11H2,1-3H3,(H,24,25)/t13-/m1/s1. The molecule has 0 unspecified atom stereocenters. The molecule has 1 amide bonds. The van der Waals surface area contributed by atoms with Gasteiger partial charge in [0.25, 0.3) is 5.91 Å². The number of H-pyrrole nitrogens is 1. The third kappa shape index (κ3) is 3.24. The second-order valence-electron chi connectivity index (χ2n) is 6.74. The Morgan fingerprint density at radius 2 is 2.11 bits per heavy atom. The number of hydrogen-bond acceptors (Lipinski definition) is 5. The van der Waals surface area contributed by atoms with Gasteiger partial charge in [0.15, 0.2) is 0 Å². The number of aromatic nitrogens is 6. The van der Waals surface area contributed by atoms with Gasteiger partial charge in [0.05, 0.1) is 35.0 Å². The molecule has 8 nitrogen and oxygen atoms in total. The van der Waals surface area contributed by atoms with Gasteiger partial charge < -0.3 is 9.47 Å². The Kier molecular flexibility index (Phi) is 4.60. The van der Waals surface area contributed by atoms with Crippen LogP contribution in [0.2, 0.25) is 0 Å². The zero-order valence-corrected chi connectivity index (χ0v) is 16.0. The fraction of sp³-hybridized carbons (Fsp3) is 0.250. The van der Waals surface area contributed by atoms with Gasteiger partial charge in [-0.2, -0.15) is 5.10 Å². The number of nitrogens with one attached hydrogen (secondary N) is 1. The maximum absolute atomic E-state index is 12.8. The molecule has 1 atom stereocenters. The molecule has 3 heterocycles. The molecule has 0 saturated heterocycles. The van der Waals surface area contributed by atoms with Crippen LogP contribution in [0, 0.1) is 6.92 Å². The smallest absolute Gasteiger partial charge is 0.274 e. The zero-order chi connectivity index (χ0) is 19.7. The van der Waals surface area contributed by atoms with Crippen molar-refractivity contribution in [2.24, 2.45) is 0 Å². The maximum atomic E-state index is 12.8. The Morgan fingerprint density at radius 1 is 1.29 bits per heavy atom. The maximum Gasteiger partial charge on any atom is 0.274 e. The van der Waals surface area contributed by atoms with Gasteiger partial charge in [0.1, 0.15) is 17.8 Å². The van der Waals surface area contributed by atoms with Crippen LogP contribution in [-0.4, -0.2) is 47.6 Å². The first-order valence-electron chi connectivity index (χ1n) is 9.04. The lowest BCUT2D eigenvalue weighted by molar-refractivity contribution is 0.0733. The second-order valence-corrected chi connectivity index (χ2v) is 6.74. The van der Waals surface area contributed by atoms with Crippen molar-refractivity contribution in [2.75, 3.05) is 7.05 Å². The molecular weight excluding hydrogens is 354 g/mol. The fourth-order valence-electron chi connectivity index (χ4n) is 3.22. The van der Waals surface area contributed by atoms with Crippen LogP contribution in [0.5, 0.6) is 0 Å². The molecule has 4 rings (SSSR count). The Labute approximate surface area is 162 Å². The average Bonchev–Trinajstić information content (AvgIpc) is 3.32. The van der Waals surface area contributed by atoms with Crippen LogP contribution in [0.1, 0.15) is 40.7 Å². The summed E-state index contributed by atoms with van der Waals surface area (Å²) in [5.74, 6) is 0.749. The van der Waals surface area contributed by atoms with Gasteiger partial charge >= 0.3 is 0 Å². The second kappa shape index (κ2) is 7.22. The number of amides is 1. The van der Waals surface area contributed by atoms with E-state index in [2.05, 4.69) is 29.7 Å². The Hall–Kier alpha value is -3.55. The number of imidazole rings is 1. The van der Waals surface area contributed by atoms with E-state index < -0.39 is 0 Å². The van der Waals surface area contributed by atoms with Crippen molar-refractivity contribution in [3.63, 3.8) is 0 Å². The van der Waals surface area contributed by atoms with Crippen LogP contribution in [-0.2, 0) is 6.54 Å². The van der Waals surface area contributed by atoms with Gasteiger partial charge in [-0.15, -0.1) is 0 Å². The highest BCUT2D eigenvalue weighted by Gasteiger charge is 2.22. The molecule has 4 aromatic rings. The molecule has 0 bridgehead atoms. The monoisotopic (exact) mass is 375 g/mol. The fourth-order valence-corrected chi connectivity index (χ4v) is 3.22. The van der Waals surface area contributed by atoms with Crippen LogP contribution in [0.15, 0.2) is 48.9 Å². The minimum absolute atomic E-state index is 0.166. The van der Waals surface area contributed by atoms with E-state index in [-0.39, 0.29) is 11.9 Å². The number of rotatable bonds is 5. The van der Waals surface area contributed by atoms with Gasteiger partial charge in [-0.25, -0.2) is 15.0 Å². The van der Waals surface area contributed by atoms with E-state index in [0.717, 1.165) is 28.2 Å². The SMILES string of the molecule is Cc1nc2ccccc2n1Cc1cc(C(=O)N(C)[C@H](C)c2ccncn2)n[nH]1. The first-order chi connectivity index (χ1) is 13.5. The average molecular weight is 375 g/mol. The van der Waals surface area contributed by atoms with Crippen LogP contribution >= 0.6 is 0 Å². The molecular formula is C20H21N7O. The summed E-state index contributed by atoms with van der Waals surface area (Å²) in [6, 6.07) is 11.4. The van der Waals surface area contributed by atoms with Gasteiger partial charge in [0, 0.05) is 13.2 Å². The summed E-state index contributed by atoms with van der Waals surface area (Å²) >= 11 is 0. The number of carbonyl (C=O) groups excluding carboxylic acids is 1. The molecule has 0 aliphatic rings. The van der Waals surface area contributed by atoms with Gasteiger partial charge in [-0.1, -0.05) is 12.1 Å². The zero-order valence-electron chi connectivity index (χ0n) is 16.0. The summed E-state index contributed by atoms with van der Waals surface area (Å²) in [7, 11) is 1.75. The minimum atomic E-state index is -0.185. The quantitative estimate of drug-likeness (QED) is 0.579. The lowest BCUT2D eigenvalue weighted by Gasteiger charge is -2.23. The molecule has 0 spiro atoms. The highest BCUT2D eigenvalue weighted by Crippen LogP contribution is 2.19. The summed E-state index contributed by atoms with van der Waals surface area (Å²) in [5.41, 5.74) is 4.01. The van der Waals surface area contributed by atoms with Crippen molar-refractivity contribution in [1.82, 2.24) is 34.6 Å². The van der Waals surface area contributed by atoms with E-state index in [1.807, 2.05) is 38.1 Å². The van der Waals surface area contributed by atoms with Crippen LogP contribution in [0.25, 0.3) is 11.0 Å². The molecule has 0 aliphatic heterocycles. The summed E-state index contributed by atoms with van der Waals surface area (Å²) in [6.07, 6.45) is 3.15. The van der Waals surface area contributed by atoms with E-state index in [9.17, 15) is 4.79 Å². The predicted octanol–water partition coefficient (Wildman–Crippen LogP) is 2.74. The molecule has 3 aromatic heterocycles. The predicted molar refractivity (Wildman–Crippen MR) is 105 cm³/mol. The Balaban J connectivity index is 1.54. The number of aromatic amines is 1. The summed E-state index contributed by atoms with van der Waals surface area (Å²) < 4.78 is 2.10. The molecule has 28 heavy (non-hydrogen) atoms. The van der Waals surface area contributed by atoms with Crippen molar-refractivity contribution >= 4 is 16.9 Å². The summed E-state index contributed by atoms with van der Waals surface area (Å²) in [6.45, 7) is 4.46. The first-order valence-corrected chi connectivity index (χ1v) is 9.04. The Bertz CT molecular complexity index is 1120. The molecule has 1 N–H and O–H groups in total. The van der Waals surface area contributed by atoms with Crippen molar-refractivity contribution in [3.8, 4) is 0 Å².